The minimum atomic E-state index is -1.54. The Labute approximate surface area is 69.5 Å². The van der Waals surface area contributed by atoms with E-state index in [0.717, 1.165) is 6.29 Å². The topological polar surface area (TPSA) is 66.8 Å². The van der Waals surface area contributed by atoms with Gasteiger partial charge in [-0.05, 0) is 12.5 Å². The van der Waals surface area contributed by atoms with Gasteiger partial charge in [-0.1, -0.05) is 6.08 Å². The molecular formula is C8H10O4. The summed E-state index contributed by atoms with van der Waals surface area (Å²) in [6.07, 6.45) is 2.71. The zero-order chi connectivity index (χ0) is 8.77. The Bertz CT molecular complexity index is 235. The third-order valence-electron chi connectivity index (χ3n) is 2.51. The summed E-state index contributed by atoms with van der Waals surface area (Å²) in [5.74, 6) is -0.225. The van der Waals surface area contributed by atoms with E-state index in [9.17, 15) is 4.79 Å². The van der Waals surface area contributed by atoms with Crippen LogP contribution in [-0.4, -0.2) is 34.5 Å². The summed E-state index contributed by atoms with van der Waals surface area (Å²) < 4.78 is 5.28. The molecule has 0 aromatic rings. The molecule has 2 aliphatic heterocycles. The van der Waals surface area contributed by atoms with Crippen molar-refractivity contribution in [1.29, 1.82) is 0 Å². The Kier molecular flexibility index (Phi) is 1.57. The number of aldehydes is 1. The maximum atomic E-state index is 10.5. The molecule has 2 rings (SSSR count). The number of fused-ring (bicyclic) bond motifs is 2. The van der Waals surface area contributed by atoms with Crippen molar-refractivity contribution >= 4 is 6.29 Å². The molecule has 0 saturated carbocycles. The molecule has 3 unspecified atom stereocenters. The first kappa shape index (κ1) is 7.91. The molecule has 66 valence electrons. The summed E-state index contributed by atoms with van der Waals surface area (Å²) in [6.45, 7) is 0. The van der Waals surface area contributed by atoms with E-state index >= 15 is 0 Å². The second kappa shape index (κ2) is 2.39. The third kappa shape index (κ3) is 0.857. The van der Waals surface area contributed by atoms with Gasteiger partial charge in [0.25, 0.3) is 0 Å². The minimum absolute atomic E-state index is 0.225. The maximum absolute atomic E-state index is 10.5. The molecule has 1 fully saturated rings. The molecule has 0 aromatic heterocycles. The molecule has 0 radical (unpaired) electrons. The fourth-order valence-electron chi connectivity index (χ4n) is 1.80. The molecule has 0 spiro atoms. The molecule has 1 saturated heterocycles. The van der Waals surface area contributed by atoms with Gasteiger partial charge in [0.15, 0.2) is 6.29 Å². The molecule has 2 heterocycles. The van der Waals surface area contributed by atoms with Crippen molar-refractivity contribution in [3.05, 3.63) is 12.2 Å². The second-order valence-corrected chi connectivity index (χ2v) is 3.27. The van der Waals surface area contributed by atoms with Crippen molar-refractivity contribution < 1.29 is 19.7 Å². The highest BCUT2D eigenvalue weighted by Crippen LogP contribution is 2.42. The number of aliphatic hydroxyl groups excluding tert-OH is 1. The summed E-state index contributed by atoms with van der Waals surface area (Å²) in [5, 5.41) is 18.0. The first-order chi connectivity index (χ1) is 5.68. The SMILES string of the molecule is O=CC1CC2(C(O)O)C=CC1O2. The highest BCUT2D eigenvalue weighted by atomic mass is 16.6. The van der Waals surface area contributed by atoms with Gasteiger partial charge in [0.2, 0.25) is 0 Å². The first-order valence-corrected chi connectivity index (χ1v) is 3.86. The first-order valence-electron chi connectivity index (χ1n) is 3.86. The van der Waals surface area contributed by atoms with E-state index < -0.39 is 11.9 Å². The van der Waals surface area contributed by atoms with Gasteiger partial charge in [0, 0.05) is 5.92 Å². The molecule has 0 aliphatic carbocycles. The summed E-state index contributed by atoms with van der Waals surface area (Å²) >= 11 is 0. The van der Waals surface area contributed by atoms with Gasteiger partial charge in [0.1, 0.15) is 11.9 Å². The highest BCUT2D eigenvalue weighted by molar-refractivity contribution is 5.57. The number of carbonyl (C=O) groups is 1. The van der Waals surface area contributed by atoms with Gasteiger partial charge in [-0.3, -0.25) is 0 Å². The standard InChI is InChI=1S/C8H10O4/c9-4-5-3-8(7(10)11)2-1-6(5)12-8/h1-2,4-7,10-11H,3H2. The molecule has 0 aromatic carbocycles. The van der Waals surface area contributed by atoms with Gasteiger partial charge in [-0.2, -0.15) is 0 Å². The van der Waals surface area contributed by atoms with Crippen LogP contribution in [0.1, 0.15) is 6.42 Å². The zero-order valence-electron chi connectivity index (χ0n) is 6.38. The Morgan fingerprint density at radius 3 is 2.83 bits per heavy atom. The Morgan fingerprint density at radius 1 is 1.67 bits per heavy atom. The van der Waals surface area contributed by atoms with Crippen LogP contribution in [0.3, 0.4) is 0 Å². The van der Waals surface area contributed by atoms with Gasteiger partial charge in [-0.25, -0.2) is 0 Å². The third-order valence-corrected chi connectivity index (χ3v) is 2.51. The Morgan fingerprint density at radius 2 is 2.42 bits per heavy atom. The van der Waals surface area contributed by atoms with E-state index in [-0.39, 0.29) is 12.0 Å². The Hall–Kier alpha value is -0.710. The highest BCUT2D eigenvalue weighted by Gasteiger charge is 2.52. The van der Waals surface area contributed by atoms with Crippen molar-refractivity contribution in [2.24, 2.45) is 5.92 Å². The second-order valence-electron chi connectivity index (χ2n) is 3.27. The number of hydrogen-bond acceptors (Lipinski definition) is 4. The largest absolute Gasteiger partial charge is 0.365 e. The van der Waals surface area contributed by atoms with E-state index in [4.69, 9.17) is 14.9 Å². The molecule has 2 bridgehead atoms. The average molecular weight is 170 g/mol. The van der Waals surface area contributed by atoms with Crippen LogP contribution in [0.5, 0.6) is 0 Å². The molecule has 12 heavy (non-hydrogen) atoms. The summed E-state index contributed by atoms with van der Waals surface area (Å²) in [5.41, 5.74) is -1.02. The average Bonchev–Trinajstić information content (AvgIpc) is 2.61. The molecule has 4 heteroatoms. The van der Waals surface area contributed by atoms with Crippen molar-refractivity contribution in [1.82, 2.24) is 0 Å². The predicted molar refractivity (Wildman–Crippen MR) is 39.1 cm³/mol. The minimum Gasteiger partial charge on any atom is -0.365 e. The van der Waals surface area contributed by atoms with E-state index in [0.29, 0.717) is 6.42 Å². The van der Waals surface area contributed by atoms with Gasteiger partial charge in [-0.15, -0.1) is 0 Å². The van der Waals surface area contributed by atoms with E-state index in [1.54, 1.807) is 12.2 Å². The van der Waals surface area contributed by atoms with Crippen LogP contribution in [0, 0.1) is 5.92 Å². The monoisotopic (exact) mass is 170 g/mol. The van der Waals surface area contributed by atoms with Crippen molar-refractivity contribution in [2.45, 2.75) is 24.4 Å². The van der Waals surface area contributed by atoms with Crippen LogP contribution >= 0.6 is 0 Å². The normalized spacial score (nSPS) is 44.2. The van der Waals surface area contributed by atoms with Crippen molar-refractivity contribution in [3.63, 3.8) is 0 Å². The van der Waals surface area contributed by atoms with E-state index in [1.807, 2.05) is 0 Å². The number of rotatable bonds is 2. The van der Waals surface area contributed by atoms with Gasteiger partial charge >= 0.3 is 0 Å². The fraction of sp³-hybridized carbons (Fsp3) is 0.625. The smallest absolute Gasteiger partial charge is 0.185 e. The lowest BCUT2D eigenvalue weighted by Crippen LogP contribution is -2.38. The van der Waals surface area contributed by atoms with Crippen molar-refractivity contribution in [3.8, 4) is 0 Å². The lowest BCUT2D eigenvalue weighted by atomic mass is 9.87. The van der Waals surface area contributed by atoms with E-state index in [2.05, 4.69) is 0 Å². The molecule has 4 nitrogen and oxygen atoms in total. The maximum Gasteiger partial charge on any atom is 0.185 e. The fourth-order valence-corrected chi connectivity index (χ4v) is 1.80. The van der Waals surface area contributed by atoms with Crippen LogP contribution < -0.4 is 0 Å². The van der Waals surface area contributed by atoms with Crippen LogP contribution in [0.4, 0.5) is 0 Å². The molecule has 2 aliphatic rings. The van der Waals surface area contributed by atoms with Crippen LogP contribution in [-0.2, 0) is 9.53 Å². The van der Waals surface area contributed by atoms with Crippen LogP contribution in [0.15, 0.2) is 12.2 Å². The van der Waals surface area contributed by atoms with Crippen LogP contribution in [0.25, 0.3) is 0 Å². The van der Waals surface area contributed by atoms with Crippen molar-refractivity contribution in [2.75, 3.05) is 0 Å². The number of ether oxygens (including phenoxy) is 1. The number of carbonyl (C=O) groups excluding carboxylic acids is 1. The quantitative estimate of drug-likeness (QED) is 0.324. The molecule has 0 amide bonds. The number of aliphatic hydroxyl groups is 2. The summed E-state index contributed by atoms with van der Waals surface area (Å²) in [7, 11) is 0. The van der Waals surface area contributed by atoms with Gasteiger partial charge in [0.05, 0.1) is 6.10 Å². The zero-order valence-corrected chi connectivity index (χ0v) is 6.38. The molecular weight excluding hydrogens is 160 g/mol. The summed E-state index contributed by atoms with van der Waals surface area (Å²) in [6, 6.07) is 0. The number of hydrogen-bond donors (Lipinski definition) is 2. The van der Waals surface area contributed by atoms with E-state index in [1.165, 1.54) is 0 Å². The molecule has 3 atom stereocenters. The summed E-state index contributed by atoms with van der Waals surface area (Å²) in [4.78, 5) is 10.5. The molecule has 2 N–H and O–H groups in total. The predicted octanol–water partition coefficient (Wildman–Crippen LogP) is -0.790. The van der Waals surface area contributed by atoms with Crippen LogP contribution in [0.2, 0.25) is 0 Å². The Balaban J connectivity index is 2.24. The van der Waals surface area contributed by atoms with Gasteiger partial charge < -0.3 is 19.7 Å². The lowest BCUT2D eigenvalue weighted by molar-refractivity contribution is -0.166. The lowest BCUT2D eigenvalue weighted by Gasteiger charge is -2.24.